The maximum Gasteiger partial charge on any atom is 0.221 e. The smallest absolute Gasteiger partial charge is 0.221 e. The second-order valence-electron chi connectivity index (χ2n) is 6.11. The Hall–Kier alpha value is -0.160. The quantitative estimate of drug-likeness (QED) is 0.482. The van der Waals surface area contributed by atoms with E-state index in [0.717, 1.165) is 6.16 Å². The van der Waals surface area contributed by atoms with Gasteiger partial charge in [-0.3, -0.25) is 9.34 Å². The molecule has 0 radical (unpaired) electrons. The van der Waals surface area contributed by atoms with Crippen molar-refractivity contribution in [3.8, 4) is 0 Å². The van der Waals surface area contributed by atoms with Gasteiger partial charge in [-0.1, -0.05) is 0 Å². The van der Waals surface area contributed by atoms with Crippen molar-refractivity contribution >= 4 is 8.22 Å². The van der Waals surface area contributed by atoms with Crippen LogP contribution in [0.1, 0.15) is 55.4 Å². The second-order valence-corrected chi connectivity index (χ2v) is 8.23. The zero-order valence-electron chi connectivity index (χ0n) is 14.0. The highest BCUT2D eigenvalue weighted by Crippen LogP contribution is 2.49. The van der Waals surface area contributed by atoms with Crippen LogP contribution in [0.3, 0.4) is 0 Å². The van der Waals surface area contributed by atoms with Crippen molar-refractivity contribution in [2.24, 2.45) is 0 Å². The van der Waals surface area contributed by atoms with Crippen molar-refractivity contribution in [1.82, 2.24) is 9.34 Å². The summed E-state index contributed by atoms with van der Waals surface area (Å²) >= 11 is 0. The van der Waals surface area contributed by atoms with E-state index in [1.807, 2.05) is 0 Å². The Balaban J connectivity index is 5.31. The Labute approximate surface area is 122 Å². The van der Waals surface area contributed by atoms with Gasteiger partial charge in [-0.15, -0.1) is 0 Å². The van der Waals surface area contributed by atoms with E-state index >= 15 is 0 Å². The minimum absolute atomic E-state index is 0.398. The first-order valence-electron chi connectivity index (χ1n) is 7.41. The maximum atomic E-state index is 7.11. The molecule has 0 aliphatic carbocycles. The molecule has 0 bridgehead atoms. The first-order chi connectivity index (χ1) is 8.73. The molecule has 0 aromatic carbocycles. The van der Waals surface area contributed by atoms with Gasteiger partial charge >= 0.3 is 0 Å². The molecule has 0 aliphatic rings. The van der Waals surface area contributed by atoms with E-state index in [1.165, 1.54) is 0 Å². The lowest BCUT2D eigenvalue weighted by Gasteiger charge is -2.46. The number of nitrogens with zero attached hydrogens (tertiary/aromatic N) is 3. The maximum absolute atomic E-state index is 7.11. The van der Waals surface area contributed by atoms with Crippen molar-refractivity contribution in [2.75, 3.05) is 12.7 Å². The van der Waals surface area contributed by atoms with Gasteiger partial charge in [-0.25, -0.2) is 6.57 Å². The highest BCUT2D eigenvalue weighted by molar-refractivity contribution is 7.52. The predicted octanol–water partition coefficient (Wildman–Crippen LogP) is 4.46. The molecule has 4 heteroatoms. The third-order valence-electron chi connectivity index (χ3n) is 3.06. The molecule has 0 fully saturated rings. The van der Waals surface area contributed by atoms with Crippen molar-refractivity contribution in [2.45, 2.75) is 79.6 Å². The molecule has 0 unspecified atom stereocenters. The molecule has 0 aliphatic heterocycles. The van der Waals surface area contributed by atoms with Crippen LogP contribution < -0.4 is 0 Å². The summed E-state index contributed by atoms with van der Waals surface area (Å²) in [5.41, 5.74) is 0. The number of hydrogen-bond acceptors (Lipinski definition) is 2. The summed E-state index contributed by atoms with van der Waals surface area (Å²) in [6.07, 6.45) is 0.992. The largest absolute Gasteiger partial charge is 0.316 e. The number of hydrogen-bond donors (Lipinski definition) is 0. The van der Waals surface area contributed by atoms with Crippen LogP contribution in [0.2, 0.25) is 0 Å². The van der Waals surface area contributed by atoms with Gasteiger partial charge in [0, 0.05) is 32.4 Å². The van der Waals surface area contributed by atoms with Gasteiger partial charge in [-0.05, 0) is 55.4 Å². The molecule has 0 N–H and O–H groups in total. The SMILES string of the molecule is [C-]#[N+]CCP(N(C(C)C)C(C)C)N(C(C)C)C(C)C. The number of rotatable bonds is 8. The molecule has 0 aromatic heterocycles. The van der Waals surface area contributed by atoms with E-state index in [0.29, 0.717) is 30.7 Å². The van der Waals surface area contributed by atoms with E-state index in [9.17, 15) is 0 Å². The Bertz CT molecular complexity index is 246. The molecule has 0 aromatic rings. The third-order valence-corrected chi connectivity index (χ3v) is 6.58. The summed E-state index contributed by atoms with van der Waals surface area (Å²) in [6, 6.07) is 2.10. The summed E-state index contributed by atoms with van der Waals surface area (Å²) < 4.78 is 5.22. The van der Waals surface area contributed by atoms with Crippen molar-refractivity contribution in [3.63, 3.8) is 0 Å². The van der Waals surface area contributed by atoms with Crippen LogP contribution in [0.5, 0.6) is 0 Å². The molecule has 0 saturated carbocycles. The highest BCUT2D eigenvalue weighted by atomic mass is 31.1. The van der Waals surface area contributed by atoms with Crippen molar-refractivity contribution in [1.29, 1.82) is 0 Å². The van der Waals surface area contributed by atoms with E-state index in [2.05, 4.69) is 69.6 Å². The summed E-state index contributed by atoms with van der Waals surface area (Å²) in [4.78, 5) is 3.59. The normalized spacial score (nSPS) is 12.7. The van der Waals surface area contributed by atoms with E-state index in [1.54, 1.807) is 0 Å². The summed E-state index contributed by atoms with van der Waals surface area (Å²) in [5, 5.41) is 0. The fourth-order valence-electron chi connectivity index (χ4n) is 2.75. The van der Waals surface area contributed by atoms with Crippen LogP contribution in [-0.4, -0.2) is 46.2 Å². The molecule has 3 nitrogen and oxygen atoms in total. The molecule has 0 heterocycles. The predicted molar refractivity (Wildman–Crippen MR) is 87.5 cm³/mol. The van der Waals surface area contributed by atoms with Crippen LogP contribution in [0, 0.1) is 6.57 Å². The minimum Gasteiger partial charge on any atom is -0.316 e. The minimum atomic E-state index is -0.398. The molecule has 0 atom stereocenters. The summed E-state index contributed by atoms with van der Waals surface area (Å²) in [7, 11) is -0.398. The fourth-order valence-corrected chi connectivity index (χ4v) is 5.86. The lowest BCUT2D eigenvalue weighted by molar-refractivity contribution is 0.256. The van der Waals surface area contributed by atoms with Crippen molar-refractivity contribution < 1.29 is 0 Å². The Morgan fingerprint density at radius 2 is 1.11 bits per heavy atom. The molecule has 0 saturated heterocycles. The molecule has 19 heavy (non-hydrogen) atoms. The lowest BCUT2D eigenvalue weighted by atomic mass is 10.3. The van der Waals surface area contributed by atoms with E-state index in [4.69, 9.17) is 6.57 Å². The van der Waals surface area contributed by atoms with Gasteiger partial charge in [0.15, 0.2) is 0 Å². The Morgan fingerprint density at radius 1 is 0.789 bits per heavy atom. The highest BCUT2D eigenvalue weighted by Gasteiger charge is 2.32. The molecule has 112 valence electrons. The standard InChI is InChI=1S/C15H32N3P/c1-12(2)17(13(3)4)19(11-10-16-9)18(14(5)6)15(7)8/h12-15H,10-11H2,1-8H3. The van der Waals surface area contributed by atoms with Gasteiger partial charge < -0.3 is 4.85 Å². The zero-order valence-corrected chi connectivity index (χ0v) is 14.9. The second kappa shape index (κ2) is 8.90. The molecule has 0 amide bonds. The van der Waals surface area contributed by atoms with Crippen LogP contribution >= 0.6 is 8.22 Å². The first-order valence-corrected chi connectivity index (χ1v) is 8.84. The van der Waals surface area contributed by atoms with Gasteiger partial charge in [0.2, 0.25) is 6.54 Å². The average molecular weight is 285 g/mol. The van der Waals surface area contributed by atoms with Crippen LogP contribution in [0.4, 0.5) is 0 Å². The van der Waals surface area contributed by atoms with E-state index < -0.39 is 8.22 Å². The monoisotopic (exact) mass is 285 g/mol. The first kappa shape index (κ1) is 18.8. The average Bonchev–Trinajstić information content (AvgIpc) is 2.23. The van der Waals surface area contributed by atoms with E-state index in [-0.39, 0.29) is 0 Å². The summed E-state index contributed by atoms with van der Waals surface area (Å²) in [5.74, 6) is 0. The molecule has 0 spiro atoms. The Morgan fingerprint density at radius 3 is 1.32 bits per heavy atom. The molecular formula is C15H32N3P. The van der Waals surface area contributed by atoms with Gasteiger partial charge in [0.05, 0.1) is 6.16 Å². The zero-order chi connectivity index (χ0) is 15.2. The van der Waals surface area contributed by atoms with Gasteiger partial charge in [0.25, 0.3) is 0 Å². The molecule has 0 rings (SSSR count). The lowest BCUT2D eigenvalue weighted by Crippen LogP contribution is -2.43. The van der Waals surface area contributed by atoms with Crippen LogP contribution in [-0.2, 0) is 0 Å². The van der Waals surface area contributed by atoms with Crippen LogP contribution in [0.15, 0.2) is 0 Å². The van der Waals surface area contributed by atoms with Gasteiger partial charge in [0.1, 0.15) is 0 Å². The Kier molecular flexibility index (Phi) is 8.83. The summed E-state index contributed by atoms with van der Waals surface area (Å²) in [6.45, 7) is 25.9. The topological polar surface area (TPSA) is 10.8 Å². The third kappa shape index (κ3) is 5.78. The van der Waals surface area contributed by atoms with Gasteiger partial charge in [-0.2, -0.15) is 0 Å². The fraction of sp³-hybridized carbons (Fsp3) is 0.933. The van der Waals surface area contributed by atoms with Crippen molar-refractivity contribution in [3.05, 3.63) is 11.4 Å². The molecular weight excluding hydrogens is 253 g/mol. The van der Waals surface area contributed by atoms with Crippen LogP contribution in [0.25, 0.3) is 4.85 Å².